The Morgan fingerprint density at radius 1 is 0.839 bits per heavy atom. The molecule has 3 rings (SSSR count). The van der Waals surface area contributed by atoms with E-state index in [2.05, 4.69) is 103 Å². The predicted molar refractivity (Wildman–Crippen MR) is 131 cm³/mol. The van der Waals surface area contributed by atoms with E-state index in [1.54, 1.807) is 0 Å². The zero-order chi connectivity index (χ0) is 21.9. The van der Waals surface area contributed by atoms with Crippen LogP contribution in [0.25, 0.3) is 0 Å². The molecule has 0 amide bonds. The number of rotatable bonds is 13. The first-order chi connectivity index (χ1) is 15.2. The summed E-state index contributed by atoms with van der Waals surface area (Å²) >= 11 is 0. The van der Waals surface area contributed by atoms with Crippen LogP contribution in [-0.4, -0.2) is 4.98 Å². The number of aromatic amines is 1. The van der Waals surface area contributed by atoms with E-state index in [0.29, 0.717) is 5.92 Å². The molecule has 2 heteroatoms. The molecule has 0 radical (unpaired) electrons. The number of nitrogens with zero attached hydrogens (tertiary/aromatic N) is 1. The maximum absolute atomic E-state index is 3.64. The molecule has 0 fully saturated rings. The molecule has 0 bridgehead atoms. The molecule has 3 aromatic rings. The Hall–Kier alpha value is -2.35. The molecular formula is C29H41N2+. The number of nitrogens with one attached hydrogen (secondary N) is 1. The van der Waals surface area contributed by atoms with Crippen molar-refractivity contribution < 1.29 is 4.57 Å². The molecule has 0 saturated carbocycles. The van der Waals surface area contributed by atoms with Crippen molar-refractivity contribution in [3.63, 3.8) is 0 Å². The molecule has 1 N–H and O–H groups in total. The fraction of sp³-hybridized carbons (Fsp3) is 0.483. The highest BCUT2D eigenvalue weighted by Crippen LogP contribution is 2.43. The van der Waals surface area contributed by atoms with Crippen molar-refractivity contribution in [2.45, 2.75) is 90.0 Å². The molecule has 2 atom stereocenters. The lowest BCUT2D eigenvalue weighted by atomic mass is 9.66. The minimum Gasteiger partial charge on any atom is -0.247 e. The summed E-state index contributed by atoms with van der Waals surface area (Å²) in [7, 11) is 0. The predicted octanol–water partition coefficient (Wildman–Crippen LogP) is 7.36. The van der Waals surface area contributed by atoms with Crippen LogP contribution in [0.5, 0.6) is 0 Å². The number of benzene rings is 2. The highest BCUT2D eigenvalue weighted by molar-refractivity contribution is 5.32. The molecule has 1 heterocycles. The van der Waals surface area contributed by atoms with E-state index < -0.39 is 0 Å². The first-order valence-corrected chi connectivity index (χ1v) is 12.3. The third kappa shape index (κ3) is 6.09. The number of unbranched alkanes of at least 4 members (excludes halogenated alkanes) is 5. The molecular weight excluding hydrogens is 376 g/mol. The van der Waals surface area contributed by atoms with Crippen LogP contribution in [-0.2, 0) is 18.4 Å². The van der Waals surface area contributed by atoms with Crippen molar-refractivity contribution in [3.05, 3.63) is 90.0 Å². The summed E-state index contributed by atoms with van der Waals surface area (Å²) in [6.07, 6.45) is 14.6. The quantitative estimate of drug-likeness (QED) is 0.221. The van der Waals surface area contributed by atoms with Crippen molar-refractivity contribution in [2.75, 3.05) is 0 Å². The SMILES string of the molecule is CCCCCCCCC(c1[nH]cc[n+]1CC)C(C)(Cc1ccccc1)c1ccccc1. The normalized spacial score (nSPS) is 14.3. The maximum atomic E-state index is 3.64. The Balaban J connectivity index is 1.94. The molecule has 0 aliphatic carbocycles. The third-order valence-corrected chi connectivity index (χ3v) is 6.93. The largest absolute Gasteiger partial charge is 0.258 e. The van der Waals surface area contributed by atoms with E-state index in [1.807, 2.05) is 0 Å². The van der Waals surface area contributed by atoms with E-state index in [0.717, 1.165) is 13.0 Å². The van der Waals surface area contributed by atoms with Crippen LogP contribution in [0.1, 0.15) is 88.6 Å². The summed E-state index contributed by atoms with van der Waals surface area (Å²) in [6, 6.07) is 22.2. The third-order valence-electron chi connectivity index (χ3n) is 6.93. The minimum atomic E-state index is 0.0216. The molecule has 2 aromatic carbocycles. The van der Waals surface area contributed by atoms with Gasteiger partial charge in [-0.2, -0.15) is 0 Å². The lowest BCUT2D eigenvalue weighted by molar-refractivity contribution is -0.701. The molecule has 2 unspecified atom stereocenters. The number of aryl methyl sites for hydroxylation is 1. The van der Waals surface area contributed by atoms with Crippen LogP contribution in [0.4, 0.5) is 0 Å². The average Bonchev–Trinajstić information content (AvgIpc) is 3.28. The lowest BCUT2D eigenvalue weighted by Gasteiger charge is -2.37. The van der Waals surface area contributed by atoms with Gasteiger partial charge in [-0.25, -0.2) is 9.55 Å². The van der Waals surface area contributed by atoms with Crippen LogP contribution in [0.2, 0.25) is 0 Å². The van der Waals surface area contributed by atoms with Crippen molar-refractivity contribution in [1.29, 1.82) is 0 Å². The number of hydrogen-bond acceptors (Lipinski definition) is 0. The second-order valence-corrected chi connectivity index (χ2v) is 9.19. The van der Waals surface area contributed by atoms with Gasteiger partial charge in [0.05, 0.1) is 12.5 Å². The van der Waals surface area contributed by atoms with Gasteiger partial charge in [-0.3, -0.25) is 0 Å². The number of hydrogen-bond donors (Lipinski definition) is 1. The van der Waals surface area contributed by atoms with Gasteiger partial charge < -0.3 is 0 Å². The van der Waals surface area contributed by atoms with Gasteiger partial charge in [-0.15, -0.1) is 0 Å². The Morgan fingerprint density at radius 3 is 2.16 bits per heavy atom. The van der Waals surface area contributed by atoms with Crippen LogP contribution >= 0.6 is 0 Å². The molecule has 0 saturated heterocycles. The van der Waals surface area contributed by atoms with Crippen molar-refractivity contribution in [3.8, 4) is 0 Å². The van der Waals surface area contributed by atoms with Crippen molar-refractivity contribution >= 4 is 0 Å². The summed E-state index contributed by atoms with van der Waals surface area (Å²) < 4.78 is 2.41. The van der Waals surface area contributed by atoms with Gasteiger partial charge >= 0.3 is 0 Å². The van der Waals surface area contributed by atoms with Crippen molar-refractivity contribution in [1.82, 2.24) is 4.98 Å². The van der Waals surface area contributed by atoms with Crippen molar-refractivity contribution in [2.24, 2.45) is 0 Å². The summed E-state index contributed by atoms with van der Waals surface area (Å²) in [5, 5.41) is 0. The molecule has 31 heavy (non-hydrogen) atoms. The summed E-state index contributed by atoms with van der Waals surface area (Å²) in [6.45, 7) is 8.02. The number of aromatic nitrogens is 2. The van der Waals surface area contributed by atoms with Gasteiger partial charge in [0.1, 0.15) is 12.4 Å². The molecule has 0 aliphatic rings. The lowest BCUT2D eigenvalue weighted by Crippen LogP contribution is -2.43. The summed E-state index contributed by atoms with van der Waals surface area (Å²) in [4.78, 5) is 3.64. The monoisotopic (exact) mass is 417 g/mol. The van der Waals surface area contributed by atoms with E-state index in [1.165, 1.54) is 61.9 Å². The van der Waals surface area contributed by atoms with Gasteiger partial charge in [-0.1, -0.05) is 113 Å². The van der Waals surface area contributed by atoms with Gasteiger partial charge in [0.2, 0.25) is 0 Å². The van der Waals surface area contributed by atoms with Crippen LogP contribution in [0, 0.1) is 0 Å². The van der Waals surface area contributed by atoms with Gasteiger partial charge in [0, 0.05) is 5.41 Å². The number of imidazole rings is 1. The van der Waals surface area contributed by atoms with E-state index in [-0.39, 0.29) is 5.41 Å². The van der Waals surface area contributed by atoms with Crippen LogP contribution in [0.15, 0.2) is 73.1 Å². The van der Waals surface area contributed by atoms with Gasteiger partial charge in [0.25, 0.3) is 5.82 Å². The second-order valence-electron chi connectivity index (χ2n) is 9.19. The summed E-state index contributed by atoms with van der Waals surface area (Å²) in [5.41, 5.74) is 2.87. The van der Waals surface area contributed by atoms with Gasteiger partial charge in [-0.05, 0) is 30.9 Å². The van der Waals surface area contributed by atoms with E-state index in [9.17, 15) is 0 Å². The second kappa shape index (κ2) is 11.9. The Morgan fingerprint density at radius 2 is 1.48 bits per heavy atom. The first-order valence-electron chi connectivity index (χ1n) is 12.3. The highest BCUT2D eigenvalue weighted by atomic mass is 15.1. The number of H-pyrrole nitrogens is 1. The van der Waals surface area contributed by atoms with Crippen LogP contribution < -0.4 is 4.57 Å². The van der Waals surface area contributed by atoms with E-state index in [4.69, 9.17) is 0 Å². The zero-order valence-corrected chi connectivity index (χ0v) is 19.8. The molecule has 0 aliphatic heterocycles. The fourth-order valence-electron chi connectivity index (χ4n) is 5.10. The van der Waals surface area contributed by atoms with Gasteiger partial charge in [0.15, 0.2) is 0 Å². The zero-order valence-electron chi connectivity index (χ0n) is 19.8. The van der Waals surface area contributed by atoms with Crippen LogP contribution in [0.3, 0.4) is 0 Å². The standard InChI is InChI=1S/C29H40N2/c1-4-6-7-8-9-16-21-27(28-30-22-23-31(28)5-2)29(3,26-19-14-11-15-20-26)24-25-17-12-10-13-18-25/h10-15,17-20,22-23,27H,4-9,16,21,24H2,1-3H3/p+1. The Bertz CT molecular complexity index is 868. The molecule has 1 aromatic heterocycles. The maximum Gasteiger partial charge on any atom is 0.258 e. The first kappa shape index (κ1) is 23.3. The highest BCUT2D eigenvalue weighted by Gasteiger charge is 2.41. The average molecular weight is 418 g/mol. The Labute approximate surface area is 189 Å². The fourth-order valence-corrected chi connectivity index (χ4v) is 5.10. The smallest absolute Gasteiger partial charge is 0.247 e. The topological polar surface area (TPSA) is 19.7 Å². The minimum absolute atomic E-state index is 0.0216. The molecule has 166 valence electrons. The van der Waals surface area contributed by atoms with E-state index >= 15 is 0 Å². The Kier molecular flexibility index (Phi) is 8.94. The summed E-state index contributed by atoms with van der Waals surface area (Å²) in [5.74, 6) is 1.81. The molecule has 0 spiro atoms. The molecule has 2 nitrogen and oxygen atoms in total.